The molecular formula is C17H32N4O6S2. The van der Waals surface area contributed by atoms with Crippen molar-refractivity contribution in [3.8, 4) is 0 Å². The van der Waals surface area contributed by atoms with Gasteiger partial charge in [-0.2, -0.15) is 12.6 Å². The molecular weight excluding hydrogens is 420 g/mol. The molecule has 0 bridgehead atoms. The Labute approximate surface area is 181 Å². The van der Waals surface area contributed by atoms with Crippen LogP contribution in [-0.2, 0) is 19.2 Å². The summed E-state index contributed by atoms with van der Waals surface area (Å²) in [6, 6.07) is -4.24. The molecule has 6 atom stereocenters. The van der Waals surface area contributed by atoms with Crippen LogP contribution >= 0.6 is 25.3 Å². The second-order valence-electron chi connectivity index (χ2n) is 6.70. The van der Waals surface area contributed by atoms with Crippen molar-refractivity contribution >= 4 is 48.1 Å². The van der Waals surface area contributed by atoms with E-state index in [1.54, 1.807) is 6.92 Å². The van der Waals surface area contributed by atoms with Gasteiger partial charge in [-0.05, 0) is 19.9 Å². The number of carbonyl (C=O) groups excluding carboxylic acids is 4. The first kappa shape index (κ1) is 27.7. The summed E-state index contributed by atoms with van der Waals surface area (Å²) in [5.74, 6) is -2.32. The molecule has 0 saturated carbocycles. The van der Waals surface area contributed by atoms with Crippen LogP contribution in [-0.4, -0.2) is 82.7 Å². The molecule has 0 aliphatic carbocycles. The maximum absolute atomic E-state index is 12.6. The standard InChI is InChI=1S/C17H32N4O6S2/c1-5-8(2)12(15(25)20-11(7-28)17(27)29)21-14(24)10(6-22)19-16(26)13(18-4)9(3)23/h8-13,18,22-23,28H,5-7H2,1-4H3,(H,19,26)(H,20,25)(H,21,24)(H,27,29)/t8-,9+,10-,11-,12?,13-/m0/s1. The number of hydrogen-bond acceptors (Lipinski definition) is 8. The van der Waals surface area contributed by atoms with Crippen LogP contribution in [0.3, 0.4) is 0 Å². The number of rotatable bonds is 13. The molecule has 0 heterocycles. The van der Waals surface area contributed by atoms with Crippen LogP contribution in [0.1, 0.15) is 27.2 Å². The zero-order valence-corrected chi connectivity index (χ0v) is 18.8. The van der Waals surface area contributed by atoms with Gasteiger partial charge in [-0.15, -0.1) is 12.6 Å². The molecule has 0 rings (SSSR count). The number of likely N-dealkylation sites (N-methyl/N-ethyl adjacent to an activating group) is 1. The van der Waals surface area contributed by atoms with E-state index in [0.717, 1.165) is 0 Å². The van der Waals surface area contributed by atoms with Gasteiger partial charge in [-0.1, -0.05) is 20.3 Å². The smallest absolute Gasteiger partial charge is 0.245 e. The zero-order chi connectivity index (χ0) is 22.7. The van der Waals surface area contributed by atoms with E-state index in [-0.39, 0.29) is 11.7 Å². The van der Waals surface area contributed by atoms with E-state index in [0.29, 0.717) is 6.42 Å². The van der Waals surface area contributed by atoms with E-state index < -0.39 is 59.7 Å². The molecule has 0 saturated heterocycles. The highest BCUT2D eigenvalue weighted by atomic mass is 32.1. The average Bonchev–Trinajstić information content (AvgIpc) is 2.67. The molecule has 0 aliphatic rings. The summed E-state index contributed by atoms with van der Waals surface area (Å²) in [4.78, 5) is 48.8. The number of aliphatic hydroxyl groups excluding tert-OH is 2. The molecule has 0 aromatic carbocycles. The summed E-state index contributed by atoms with van der Waals surface area (Å²) in [6.45, 7) is 4.25. The monoisotopic (exact) mass is 452 g/mol. The Morgan fingerprint density at radius 2 is 1.45 bits per heavy atom. The topological polar surface area (TPSA) is 157 Å². The summed E-state index contributed by atoms with van der Waals surface area (Å²) in [6.07, 6.45) is -0.489. The third kappa shape index (κ3) is 8.91. The van der Waals surface area contributed by atoms with Gasteiger partial charge in [-0.25, -0.2) is 0 Å². The highest BCUT2D eigenvalue weighted by Crippen LogP contribution is 2.09. The summed E-state index contributed by atoms with van der Waals surface area (Å²) in [5, 5.41) is 28.5. The molecule has 0 aromatic rings. The Kier molecular flexibility index (Phi) is 13.2. The third-order valence-corrected chi connectivity index (χ3v) is 5.16. The number of aliphatic hydroxyl groups is 2. The Bertz CT molecular complexity index is 578. The number of carbonyl (C=O) groups is 4. The van der Waals surface area contributed by atoms with Crippen LogP contribution in [0, 0.1) is 5.92 Å². The van der Waals surface area contributed by atoms with Crippen molar-refractivity contribution in [2.45, 2.75) is 57.5 Å². The third-order valence-electron chi connectivity index (χ3n) is 4.48. The molecule has 0 aliphatic heterocycles. The molecule has 6 N–H and O–H groups in total. The molecule has 168 valence electrons. The predicted molar refractivity (Wildman–Crippen MR) is 115 cm³/mol. The highest BCUT2D eigenvalue weighted by Gasteiger charge is 2.32. The minimum Gasteiger partial charge on any atom is -0.394 e. The lowest BCUT2D eigenvalue weighted by Crippen LogP contribution is -2.60. The Balaban J connectivity index is 5.30. The summed E-state index contributed by atoms with van der Waals surface area (Å²) in [7, 11) is 1.47. The Hall–Kier alpha value is -1.34. The Morgan fingerprint density at radius 1 is 0.931 bits per heavy atom. The Morgan fingerprint density at radius 3 is 1.83 bits per heavy atom. The van der Waals surface area contributed by atoms with E-state index in [1.165, 1.54) is 14.0 Å². The van der Waals surface area contributed by atoms with Gasteiger partial charge in [0.25, 0.3) is 0 Å². The maximum atomic E-state index is 12.6. The van der Waals surface area contributed by atoms with Crippen LogP contribution in [0.25, 0.3) is 0 Å². The van der Waals surface area contributed by atoms with Crippen molar-refractivity contribution in [1.29, 1.82) is 0 Å². The SMILES string of the molecule is CC[C@H](C)C(NC(=O)[C@H](CO)NC(=O)[C@@H](NC)[C@@H](C)O)C(=O)N[C@@H](CS)C(=O)S. The van der Waals surface area contributed by atoms with Crippen molar-refractivity contribution in [2.24, 2.45) is 5.92 Å². The number of amides is 3. The van der Waals surface area contributed by atoms with Crippen LogP contribution in [0.15, 0.2) is 0 Å². The number of hydrogen-bond donors (Lipinski definition) is 8. The molecule has 0 radical (unpaired) electrons. The summed E-state index contributed by atoms with van der Waals surface area (Å²) >= 11 is 7.69. The molecule has 0 fully saturated rings. The summed E-state index contributed by atoms with van der Waals surface area (Å²) in [5.41, 5.74) is 0. The summed E-state index contributed by atoms with van der Waals surface area (Å²) < 4.78 is 0. The second kappa shape index (κ2) is 13.8. The van der Waals surface area contributed by atoms with Crippen LogP contribution < -0.4 is 21.3 Å². The lowest BCUT2D eigenvalue weighted by molar-refractivity contribution is -0.135. The van der Waals surface area contributed by atoms with E-state index in [4.69, 9.17) is 0 Å². The normalized spacial score (nSPS) is 17.2. The molecule has 0 aromatic heterocycles. The molecule has 12 heteroatoms. The van der Waals surface area contributed by atoms with Gasteiger partial charge in [0.2, 0.25) is 22.8 Å². The van der Waals surface area contributed by atoms with E-state index >= 15 is 0 Å². The second-order valence-corrected chi connectivity index (χ2v) is 7.51. The van der Waals surface area contributed by atoms with E-state index in [1.807, 2.05) is 6.92 Å². The van der Waals surface area contributed by atoms with Crippen molar-refractivity contribution in [3.05, 3.63) is 0 Å². The van der Waals surface area contributed by atoms with Crippen molar-refractivity contribution in [2.75, 3.05) is 19.4 Å². The van der Waals surface area contributed by atoms with Gasteiger partial charge in [0, 0.05) is 5.75 Å². The lowest BCUT2D eigenvalue weighted by Gasteiger charge is -2.28. The fourth-order valence-corrected chi connectivity index (χ4v) is 3.01. The van der Waals surface area contributed by atoms with E-state index in [9.17, 15) is 29.4 Å². The van der Waals surface area contributed by atoms with Crippen LogP contribution in [0.4, 0.5) is 0 Å². The van der Waals surface area contributed by atoms with Gasteiger partial charge in [0.05, 0.1) is 12.7 Å². The predicted octanol–water partition coefficient (Wildman–Crippen LogP) is -2.17. The first-order valence-corrected chi connectivity index (χ1v) is 10.3. The van der Waals surface area contributed by atoms with Crippen molar-refractivity contribution in [3.63, 3.8) is 0 Å². The van der Waals surface area contributed by atoms with Gasteiger partial charge < -0.3 is 31.5 Å². The number of thiol groups is 2. The van der Waals surface area contributed by atoms with Gasteiger partial charge >= 0.3 is 0 Å². The van der Waals surface area contributed by atoms with Gasteiger partial charge in [0.15, 0.2) is 0 Å². The van der Waals surface area contributed by atoms with Crippen LogP contribution in [0.2, 0.25) is 0 Å². The van der Waals surface area contributed by atoms with Crippen molar-refractivity contribution in [1.82, 2.24) is 21.3 Å². The molecule has 0 spiro atoms. The molecule has 1 unspecified atom stereocenters. The maximum Gasteiger partial charge on any atom is 0.245 e. The quantitative estimate of drug-likeness (QED) is 0.148. The largest absolute Gasteiger partial charge is 0.394 e. The fraction of sp³-hybridized carbons (Fsp3) is 0.765. The molecule has 10 nitrogen and oxygen atoms in total. The first-order chi connectivity index (χ1) is 13.5. The fourth-order valence-electron chi connectivity index (χ4n) is 2.45. The first-order valence-electron chi connectivity index (χ1n) is 9.24. The minimum absolute atomic E-state index is 0.0370. The minimum atomic E-state index is -1.33. The highest BCUT2D eigenvalue weighted by molar-refractivity contribution is 7.96. The molecule has 29 heavy (non-hydrogen) atoms. The van der Waals surface area contributed by atoms with E-state index in [2.05, 4.69) is 46.5 Å². The van der Waals surface area contributed by atoms with Crippen LogP contribution in [0.5, 0.6) is 0 Å². The van der Waals surface area contributed by atoms with Crippen molar-refractivity contribution < 1.29 is 29.4 Å². The number of nitrogens with one attached hydrogen (secondary N) is 4. The average molecular weight is 453 g/mol. The molecule has 3 amide bonds. The zero-order valence-electron chi connectivity index (χ0n) is 17.0. The van der Waals surface area contributed by atoms with Gasteiger partial charge in [0.1, 0.15) is 24.2 Å². The van der Waals surface area contributed by atoms with Gasteiger partial charge in [-0.3, -0.25) is 19.2 Å². The lowest BCUT2D eigenvalue weighted by atomic mass is 9.97.